The fourth-order valence-corrected chi connectivity index (χ4v) is 2.32. The van der Waals surface area contributed by atoms with Crippen molar-refractivity contribution in [3.63, 3.8) is 0 Å². The Morgan fingerprint density at radius 2 is 1.46 bits per heavy atom. The molecule has 0 spiro atoms. The molecule has 0 heterocycles. The number of halogens is 1. The minimum absolute atomic E-state index is 0.260. The first-order valence-corrected chi connectivity index (χ1v) is 7.69. The average Bonchev–Trinajstić information content (AvgIpc) is 2.68. The van der Waals surface area contributed by atoms with Crippen molar-refractivity contribution in [2.75, 3.05) is 0 Å². The van der Waals surface area contributed by atoms with Crippen molar-refractivity contribution in [1.29, 1.82) is 5.26 Å². The van der Waals surface area contributed by atoms with Gasteiger partial charge >= 0.3 is 5.97 Å². The number of hydrogen-bond acceptors (Lipinski definition) is 4. The molecule has 4 nitrogen and oxygen atoms in total. The normalized spacial score (nSPS) is 10.0. The van der Waals surface area contributed by atoms with Crippen LogP contribution in [0.25, 0.3) is 0 Å². The fourth-order valence-electron chi connectivity index (χ4n) is 2.32. The molecule has 126 valence electrons. The van der Waals surface area contributed by atoms with E-state index in [9.17, 15) is 14.0 Å². The Balaban J connectivity index is 1.73. The Bertz CT molecular complexity index is 1000. The molecule has 0 radical (unpaired) electrons. The summed E-state index contributed by atoms with van der Waals surface area (Å²) in [6.07, 6.45) is 0. The maximum absolute atomic E-state index is 12.9. The lowest BCUT2D eigenvalue weighted by Gasteiger charge is -2.06. The Kier molecular flexibility index (Phi) is 4.86. The van der Waals surface area contributed by atoms with Gasteiger partial charge in [-0.25, -0.2) is 9.18 Å². The zero-order valence-electron chi connectivity index (χ0n) is 13.5. The van der Waals surface area contributed by atoms with Gasteiger partial charge in [0.2, 0.25) is 0 Å². The third-order valence-electron chi connectivity index (χ3n) is 3.66. The lowest BCUT2D eigenvalue weighted by molar-refractivity contribution is 0.0734. The molecule has 0 fully saturated rings. The van der Waals surface area contributed by atoms with Crippen LogP contribution in [0.2, 0.25) is 0 Å². The van der Waals surface area contributed by atoms with Crippen molar-refractivity contribution in [1.82, 2.24) is 0 Å². The molecule has 3 aromatic carbocycles. The Labute approximate surface area is 149 Å². The van der Waals surface area contributed by atoms with Gasteiger partial charge in [-0.2, -0.15) is 5.26 Å². The number of nitrogens with zero attached hydrogens (tertiary/aromatic N) is 1. The largest absolute Gasteiger partial charge is 0.423 e. The summed E-state index contributed by atoms with van der Waals surface area (Å²) >= 11 is 0. The van der Waals surface area contributed by atoms with Crippen molar-refractivity contribution in [3.8, 4) is 11.8 Å². The van der Waals surface area contributed by atoms with E-state index in [1.54, 1.807) is 18.2 Å². The van der Waals surface area contributed by atoms with Gasteiger partial charge in [-0.15, -0.1) is 0 Å². The minimum atomic E-state index is -0.597. The van der Waals surface area contributed by atoms with E-state index in [0.29, 0.717) is 16.7 Å². The van der Waals surface area contributed by atoms with Crippen LogP contribution in [0.15, 0.2) is 72.8 Å². The molecule has 3 aromatic rings. The number of hydrogen-bond donors (Lipinski definition) is 0. The molecule has 3 rings (SSSR count). The topological polar surface area (TPSA) is 67.2 Å². The second-order valence-electron chi connectivity index (χ2n) is 5.44. The molecule has 0 amide bonds. The van der Waals surface area contributed by atoms with Gasteiger partial charge < -0.3 is 4.74 Å². The molecule has 0 bridgehead atoms. The van der Waals surface area contributed by atoms with E-state index in [4.69, 9.17) is 10.00 Å². The monoisotopic (exact) mass is 345 g/mol. The molecule has 26 heavy (non-hydrogen) atoms. The summed E-state index contributed by atoms with van der Waals surface area (Å²) in [7, 11) is 0. The number of carbonyl (C=O) groups is 2. The van der Waals surface area contributed by atoms with Crippen LogP contribution < -0.4 is 4.74 Å². The van der Waals surface area contributed by atoms with E-state index < -0.39 is 11.8 Å². The lowest BCUT2D eigenvalue weighted by Crippen LogP contribution is -2.09. The molecule has 0 saturated heterocycles. The molecule has 5 heteroatoms. The maximum atomic E-state index is 12.9. The van der Waals surface area contributed by atoms with Crippen LogP contribution in [0.3, 0.4) is 0 Å². The molecule has 0 aliphatic rings. The van der Waals surface area contributed by atoms with E-state index in [1.165, 1.54) is 54.6 Å². The van der Waals surface area contributed by atoms with Crippen LogP contribution in [0.1, 0.15) is 31.8 Å². The number of benzene rings is 3. The summed E-state index contributed by atoms with van der Waals surface area (Å²) < 4.78 is 18.2. The van der Waals surface area contributed by atoms with Crippen LogP contribution in [0.4, 0.5) is 4.39 Å². The van der Waals surface area contributed by atoms with Crippen molar-refractivity contribution < 1.29 is 18.7 Å². The number of nitriles is 1. The SMILES string of the molecule is N#Cc1cccc(C(=O)Oc2ccc(C(=O)c3ccc(F)cc3)cc2)c1. The van der Waals surface area contributed by atoms with Gasteiger partial charge in [-0.05, 0) is 66.7 Å². The van der Waals surface area contributed by atoms with Gasteiger partial charge in [0.25, 0.3) is 0 Å². The number of esters is 1. The van der Waals surface area contributed by atoms with E-state index in [0.717, 1.165) is 0 Å². The zero-order valence-corrected chi connectivity index (χ0v) is 13.5. The summed E-state index contributed by atoms with van der Waals surface area (Å²) in [6, 6.07) is 19.5. The smallest absolute Gasteiger partial charge is 0.343 e. The van der Waals surface area contributed by atoms with Gasteiger partial charge in [-0.1, -0.05) is 6.07 Å². The molecule has 0 aliphatic carbocycles. The van der Waals surface area contributed by atoms with E-state index in [1.807, 2.05) is 6.07 Å². The molecule has 0 unspecified atom stereocenters. The summed E-state index contributed by atoms with van der Waals surface area (Å²) in [5.74, 6) is -0.999. The summed E-state index contributed by atoms with van der Waals surface area (Å²) in [5, 5.41) is 8.87. The summed E-state index contributed by atoms with van der Waals surface area (Å²) in [5.41, 5.74) is 1.38. The molecule has 0 aliphatic heterocycles. The zero-order chi connectivity index (χ0) is 18.5. The molecule has 0 aromatic heterocycles. The maximum Gasteiger partial charge on any atom is 0.343 e. The van der Waals surface area contributed by atoms with Gasteiger partial charge in [0.05, 0.1) is 17.2 Å². The molecule has 0 atom stereocenters. The van der Waals surface area contributed by atoms with Gasteiger partial charge in [-0.3, -0.25) is 4.79 Å². The highest BCUT2D eigenvalue weighted by molar-refractivity contribution is 6.09. The number of rotatable bonds is 4. The predicted molar refractivity (Wildman–Crippen MR) is 92.4 cm³/mol. The molecule has 0 saturated carbocycles. The van der Waals surface area contributed by atoms with Crippen molar-refractivity contribution >= 4 is 11.8 Å². The number of ketones is 1. The highest BCUT2D eigenvalue weighted by atomic mass is 19.1. The van der Waals surface area contributed by atoms with Crippen LogP contribution in [0, 0.1) is 17.1 Å². The van der Waals surface area contributed by atoms with Gasteiger partial charge in [0, 0.05) is 11.1 Å². The third-order valence-corrected chi connectivity index (χ3v) is 3.66. The van der Waals surface area contributed by atoms with Gasteiger partial charge in [0.15, 0.2) is 5.78 Å². The van der Waals surface area contributed by atoms with Crippen molar-refractivity contribution in [2.45, 2.75) is 0 Å². The predicted octanol–water partition coefficient (Wildman–Crippen LogP) is 4.15. The molecular weight excluding hydrogens is 333 g/mol. The summed E-state index contributed by atoms with van der Waals surface area (Å²) in [4.78, 5) is 24.4. The highest BCUT2D eigenvalue weighted by Gasteiger charge is 2.12. The van der Waals surface area contributed by atoms with Crippen LogP contribution in [-0.4, -0.2) is 11.8 Å². The van der Waals surface area contributed by atoms with E-state index in [-0.39, 0.29) is 17.1 Å². The van der Waals surface area contributed by atoms with Crippen molar-refractivity contribution in [2.24, 2.45) is 0 Å². The highest BCUT2D eigenvalue weighted by Crippen LogP contribution is 2.17. The second-order valence-corrected chi connectivity index (χ2v) is 5.44. The standard InChI is InChI=1S/C21H12FNO3/c22-18-8-4-15(5-9-18)20(24)16-6-10-19(11-7-16)26-21(25)17-3-1-2-14(12-17)13-23/h1-12H. The minimum Gasteiger partial charge on any atom is -0.423 e. The number of ether oxygens (including phenoxy) is 1. The van der Waals surface area contributed by atoms with E-state index >= 15 is 0 Å². The Hall–Kier alpha value is -3.78. The first-order chi connectivity index (χ1) is 12.6. The quantitative estimate of drug-likeness (QED) is 0.405. The molecule has 0 N–H and O–H groups in total. The Morgan fingerprint density at radius 1 is 0.846 bits per heavy atom. The first kappa shape index (κ1) is 17.1. The van der Waals surface area contributed by atoms with Crippen molar-refractivity contribution in [3.05, 3.63) is 101 Å². The first-order valence-electron chi connectivity index (χ1n) is 7.69. The van der Waals surface area contributed by atoms with Gasteiger partial charge in [0.1, 0.15) is 11.6 Å². The Morgan fingerprint density at radius 3 is 2.08 bits per heavy atom. The average molecular weight is 345 g/mol. The van der Waals surface area contributed by atoms with Crippen LogP contribution >= 0.6 is 0 Å². The lowest BCUT2D eigenvalue weighted by atomic mass is 10.0. The second kappa shape index (κ2) is 7.41. The molecular formula is C21H12FNO3. The van der Waals surface area contributed by atoms with Crippen LogP contribution in [0.5, 0.6) is 5.75 Å². The summed E-state index contributed by atoms with van der Waals surface area (Å²) in [6.45, 7) is 0. The number of carbonyl (C=O) groups excluding carboxylic acids is 2. The van der Waals surface area contributed by atoms with Crippen LogP contribution in [-0.2, 0) is 0 Å². The fraction of sp³-hybridized carbons (Fsp3) is 0. The van der Waals surface area contributed by atoms with E-state index in [2.05, 4.69) is 0 Å². The third kappa shape index (κ3) is 3.82.